The van der Waals surface area contributed by atoms with Crippen LogP contribution < -0.4 is 14.5 Å². The molecule has 0 aliphatic carbocycles. The first-order chi connectivity index (χ1) is 17.6. The molecule has 3 aromatic rings. The number of rotatable bonds is 6. The van der Waals surface area contributed by atoms with Crippen LogP contribution in [0.2, 0.25) is 0 Å². The van der Waals surface area contributed by atoms with Crippen molar-refractivity contribution in [1.29, 1.82) is 10.5 Å². The van der Waals surface area contributed by atoms with Crippen LogP contribution in [0.15, 0.2) is 72.8 Å². The highest BCUT2D eigenvalue weighted by molar-refractivity contribution is 6.08. The number of nitrogens with zero attached hydrogens (tertiary/aromatic N) is 4. The number of hydrogen-bond donors (Lipinski definition) is 0. The van der Waals surface area contributed by atoms with Crippen LogP contribution in [-0.2, 0) is 0 Å². The van der Waals surface area contributed by atoms with E-state index < -0.39 is 17.9 Å². The molecule has 0 spiro atoms. The van der Waals surface area contributed by atoms with Crippen molar-refractivity contribution < 1.29 is 22.7 Å². The van der Waals surface area contributed by atoms with Gasteiger partial charge in [-0.15, -0.1) is 13.2 Å². The van der Waals surface area contributed by atoms with Crippen molar-refractivity contribution in [3.63, 3.8) is 0 Å². The molecule has 0 bridgehead atoms. The second kappa shape index (κ2) is 9.87. The molecule has 4 rings (SSSR count). The number of amides is 2. The van der Waals surface area contributed by atoms with Gasteiger partial charge in [0.2, 0.25) is 0 Å². The van der Waals surface area contributed by atoms with Gasteiger partial charge < -0.3 is 4.74 Å². The third-order valence-corrected chi connectivity index (χ3v) is 6.45. The molecular formula is C28H23F3N4O2. The summed E-state index contributed by atoms with van der Waals surface area (Å²) in [4.78, 5) is 17.3. The summed E-state index contributed by atoms with van der Waals surface area (Å²) in [5, 5.41) is 18.4. The molecule has 0 aromatic heterocycles. The van der Waals surface area contributed by atoms with E-state index in [4.69, 9.17) is 0 Å². The predicted octanol–water partition coefficient (Wildman–Crippen LogP) is 7.08. The molecule has 1 unspecified atom stereocenters. The Morgan fingerprint density at radius 2 is 1.51 bits per heavy atom. The maximum atomic E-state index is 14.1. The number of ether oxygens (including phenoxy) is 1. The Labute approximate surface area is 212 Å². The number of benzene rings is 3. The van der Waals surface area contributed by atoms with Gasteiger partial charge in [-0.3, -0.25) is 9.80 Å². The van der Waals surface area contributed by atoms with Gasteiger partial charge in [0.1, 0.15) is 5.75 Å². The second-order valence-corrected chi connectivity index (χ2v) is 8.94. The van der Waals surface area contributed by atoms with Gasteiger partial charge in [-0.1, -0.05) is 25.5 Å². The van der Waals surface area contributed by atoms with Crippen LogP contribution in [0.25, 0.3) is 0 Å². The van der Waals surface area contributed by atoms with Crippen LogP contribution in [0.4, 0.5) is 29.3 Å². The molecule has 2 amide bonds. The molecule has 1 fully saturated rings. The first-order valence-electron chi connectivity index (χ1n) is 11.6. The van der Waals surface area contributed by atoms with E-state index in [1.807, 2.05) is 19.9 Å². The molecule has 37 heavy (non-hydrogen) atoms. The zero-order valence-corrected chi connectivity index (χ0v) is 20.2. The summed E-state index contributed by atoms with van der Waals surface area (Å²) >= 11 is 0. The van der Waals surface area contributed by atoms with Gasteiger partial charge in [-0.25, -0.2) is 4.79 Å². The average Bonchev–Trinajstić information content (AvgIpc) is 3.09. The number of carbonyl (C=O) groups is 1. The van der Waals surface area contributed by atoms with E-state index >= 15 is 0 Å². The molecule has 9 heteroatoms. The third-order valence-electron chi connectivity index (χ3n) is 6.45. The SMILES string of the molecule is CCC[C@@]1(C)C(c2cccc(OC(F)(F)F)c2)N(c2ccc(C#N)cc2)C(=O)N1c1ccc(C#N)cc1. The zero-order chi connectivity index (χ0) is 26.8. The molecule has 0 radical (unpaired) electrons. The van der Waals surface area contributed by atoms with Crippen molar-refractivity contribution in [3.05, 3.63) is 89.5 Å². The summed E-state index contributed by atoms with van der Waals surface area (Å²) in [5.41, 5.74) is 1.48. The molecule has 1 aliphatic heterocycles. The van der Waals surface area contributed by atoms with Crippen LogP contribution in [0.1, 0.15) is 49.4 Å². The number of nitriles is 2. The van der Waals surface area contributed by atoms with E-state index in [9.17, 15) is 28.5 Å². The Bertz CT molecular complexity index is 1370. The van der Waals surface area contributed by atoms with Gasteiger partial charge in [-0.05, 0) is 79.6 Å². The zero-order valence-electron chi connectivity index (χ0n) is 20.2. The highest BCUT2D eigenvalue weighted by Crippen LogP contribution is 2.50. The molecule has 0 N–H and O–H groups in total. The first-order valence-corrected chi connectivity index (χ1v) is 11.6. The lowest BCUT2D eigenvalue weighted by atomic mass is 9.82. The minimum atomic E-state index is -4.86. The van der Waals surface area contributed by atoms with Crippen molar-refractivity contribution >= 4 is 17.4 Å². The van der Waals surface area contributed by atoms with Gasteiger partial charge in [0.25, 0.3) is 0 Å². The van der Waals surface area contributed by atoms with Gasteiger partial charge >= 0.3 is 12.4 Å². The standard InChI is InChI=1S/C28H23F3N4O2/c1-3-15-27(2)25(21-5-4-6-24(16-21)37-28(29,30)31)34(22-11-7-19(17-32)8-12-22)26(36)35(27)23-13-9-20(18-33)10-14-23/h4-14,16,25H,3,15H2,1-2H3/t25?,27-/m0/s1. The average molecular weight is 505 g/mol. The van der Waals surface area contributed by atoms with Gasteiger partial charge in [0, 0.05) is 11.4 Å². The van der Waals surface area contributed by atoms with Crippen LogP contribution in [0.5, 0.6) is 5.75 Å². The number of halogens is 3. The molecule has 1 aliphatic rings. The van der Waals surface area contributed by atoms with E-state index in [-0.39, 0.29) is 11.8 Å². The van der Waals surface area contributed by atoms with E-state index in [1.54, 1.807) is 64.4 Å². The molecular weight excluding hydrogens is 481 g/mol. The Kier molecular flexibility index (Phi) is 6.82. The summed E-state index contributed by atoms with van der Waals surface area (Å²) in [6.45, 7) is 3.87. The maximum absolute atomic E-state index is 14.1. The fraction of sp³-hybridized carbons (Fsp3) is 0.250. The largest absolute Gasteiger partial charge is 0.573 e. The Morgan fingerprint density at radius 3 is 2.03 bits per heavy atom. The topological polar surface area (TPSA) is 80.4 Å². The fourth-order valence-electron chi connectivity index (χ4n) is 5.03. The summed E-state index contributed by atoms with van der Waals surface area (Å²) in [5.74, 6) is -0.382. The van der Waals surface area contributed by atoms with Gasteiger partial charge in [0.05, 0.1) is 34.8 Å². The highest BCUT2D eigenvalue weighted by atomic mass is 19.4. The van der Waals surface area contributed by atoms with E-state index in [0.29, 0.717) is 40.9 Å². The lowest BCUT2D eigenvalue weighted by molar-refractivity contribution is -0.274. The number of hydrogen-bond acceptors (Lipinski definition) is 4. The number of anilines is 2. The molecule has 1 saturated heterocycles. The minimum Gasteiger partial charge on any atom is -0.406 e. The Morgan fingerprint density at radius 1 is 0.946 bits per heavy atom. The molecule has 1 heterocycles. The smallest absolute Gasteiger partial charge is 0.406 e. The monoisotopic (exact) mass is 504 g/mol. The van der Waals surface area contributed by atoms with Crippen molar-refractivity contribution in [2.24, 2.45) is 0 Å². The Hall–Kier alpha value is -4.50. The van der Waals surface area contributed by atoms with Crippen LogP contribution in [0, 0.1) is 22.7 Å². The Balaban J connectivity index is 1.92. The quantitative estimate of drug-likeness (QED) is 0.359. The van der Waals surface area contributed by atoms with E-state index in [0.717, 1.165) is 0 Å². The lowest BCUT2D eigenvalue weighted by Crippen LogP contribution is -2.46. The van der Waals surface area contributed by atoms with Crippen LogP contribution in [0.3, 0.4) is 0 Å². The summed E-state index contributed by atoms with van der Waals surface area (Å²) in [7, 11) is 0. The molecule has 6 nitrogen and oxygen atoms in total. The maximum Gasteiger partial charge on any atom is 0.573 e. The lowest BCUT2D eigenvalue weighted by Gasteiger charge is -2.39. The van der Waals surface area contributed by atoms with E-state index in [1.165, 1.54) is 18.2 Å². The molecule has 2 atom stereocenters. The molecule has 0 saturated carbocycles. The van der Waals surface area contributed by atoms with Gasteiger partial charge in [0.15, 0.2) is 0 Å². The molecule has 3 aromatic carbocycles. The first kappa shape index (κ1) is 25.6. The highest BCUT2D eigenvalue weighted by Gasteiger charge is 2.55. The van der Waals surface area contributed by atoms with Crippen molar-refractivity contribution in [2.75, 3.05) is 9.80 Å². The van der Waals surface area contributed by atoms with Crippen LogP contribution >= 0.6 is 0 Å². The second-order valence-electron chi connectivity index (χ2n) is 8.94. The van der Waals surface area contributed by atoms with Crippen LogP contribution in [-0.4, -0.2) is 17.9 Å². The minimum absolute atomic E-state index is 0.377. The van der Waals surface area contributed by atoms with Crippen molar-refractivity contribution in [2.45, 2.75) is 44.6 Å². The summed E-state index contributed by atoms with van der Waals surface area (Å²) in [6.07, 6.45) is -3.65. The predicted molar refractivity (Wildman–Crippen MR) is 132 cm³/mol. The summed E-state index contributed by atoms with van der Waals surface area (Å²) < 4.78 is 43.2. The number of urea groups is 1. The normalized spacial score (nSPS) is 19.4. The van der Waals surface area contributed by atoms with E-state index in [2.05, 4.69) is 10.8 Å². The fourth-order valence-corrected chi connectivity index (χ4v) is 5.03. The summed E-state index contributed by atoms with van der Waals surface area (Å²) in [6, 6.07) is 21.8. The number of carbonyl (C=O) groups excluding carboxylic acids is 1. The van der Waals surface area contributed by atoms with Crippen molar-refractivity contribution in [1.82, 2.24) is 0 Å². The third kappa shape index (κ3) is 4.94. The van der Waals surface area contributed by atoms with Gasteiger partial charge in [-0.2, -0.15) is 10.5 Å². The van der Waals surface area contributed by atoms with Crippen molar-refractivity contribution in [3.8, 4) is 17.9 Å². The molecule has 188 valence electrons. The number of alkyl halides is 3.